The van der Waals surface area contributed by atoms with Crippen molar-refractivity contribution in [2.24, 2.45) is 4.99 Å². The van der Waals surface area contributed by atoms with Gasteiger partial charge in [0, 0.05) is 24.1 Å². The van der Waals surface area contributed by atoms with Crippen LogP contribution in [0.4, 0.5) is 11.4 Å². The Morgan fingerprint density at radius 3 is 2.83 bits per heavy atom. The van der Waals surface area contributed by atoms with Crippen molar-refractivity contribution in [2.45, 2.75) is 30.6 Å². The predicted octanol–water partition coefficient (Wildman–Crippen LogP) is 5.64. The maximum atomic E-state index is 13.4. The molecular formula is C27H26ClN3O4S. The summed E-state index contributed by atoms with van der Waals surface area (Å²) in [5.74, 6) is 0.123. The third kappa shape index (κ3) is 5.36. The van der Waals surface area contributed by atoms with Gasteiger partial charge in [0.05, 0.1) is 30.5 Å². The summed E-state index contributed by atoms with van der Waals surface area (Å²) in [6, 6.07) is 19.0. The summed E-state index contributed by atoms with van der Waals surface area (Å²) >= 11 is 7.50. The molecule has 0 unspecified atom stereocenters. The monoisotopic (exact) mass is 523 g/mol. The Labute approximate surface area is 218 Å². The van der Waals surface area contributed by atoms with Crippen LogP contribution in [0, 0.1) is 0 Å². The molecule has 3 aromatic carbocycles. The lowest BCUT2D eigenvalue weighted by Gasteiger charge is -2.20. The first-order valence-electron chi connectivity index (χ1n) is 11.8. The van der Waals surface area contributed by atoms with Crippen molar-refractivity contribution in [3.63, 3.8) is 0 Å². The number of fused-ring (bicyclic) bond motifs is 1. The molecule has 2 aliphatic heterocycles. The van der Waals surface area contributed by atoms with Crippen LogP contribution in [0.3, 0.4) is 0 Å². The van der Waals surface area contributed by atoms with Crippen molar-refractivity contribution >= 4 is 62.5 Å². The van der Waals surface area contributed by atoms with Gasteiger partial charge in [0.15, 0.2) is 5.17 Å². The number of hydrogen-bond donors (Lipinski definition) is 1. The van der Waals surface area contributed by atoms with Gasteiger partial charge < -0.3 is 14.8 Å². The van der Waals surface area contributed by atoms with E-state index in [1.165, 1.54) is 18.9 Å². The standard InChI is InChI=1S/C27H26ClN3O4S/c1-34-23-12-11-18(14-21(23)28)29-25(32)15-24-26(33)31(16-19-8-5-13-35-19)27(36-24)30-22-10-4-7-17-6-2-3-9-20(17)22/h2-4,6-7,9-12,14,19,24H,5,8,13,15-16H2,1H3,(H,29,32)/t19-,24-/m0/s1. The Morgan fingerprint density at radius 1 is 1.22 bits per heavy atom. The molecule has 2 aliphatic rings. The molecule has 0 saturated carbocycles. The molecular weight excluding hydrogens is 498 g/mol. The lowest BCUT2D eigenvalue weighted by Crippen LogP contribution is -2.38. The molecule has 2 heterocycles. The van der Waals surface area contributed by atoms with Gasteiger partial charge >= 0.3 is 0 Å². The van der Waals surface area contributed by atoms with Crippen LogP contribution in [-0.2, 0) is 14.3 Å². The minimum Gasteiger partial charge on any atom is -0.495 e. The van der Waals surface area contributed by atoms with E-state index in [0.29, 0.717) is 34.8 Å². The van der Waals surface area contributed by atoms with Gasteiger partial charge in [-0.05, 0) is 42.5 Å². The molecule has 3 aromatic rings. The number of hydrogen-bond acceptors (Lipinski definition) is 6. The van der Waals surface area contributed by atoms with E-state index in [2.05, 4.69) is 5.32 Å². The number of carbonyl (C=O) groups is 2. The number of anilines is 1. The fourth-order valence-corrected chi connectivity index (χ4v) is 5.84. The van der Waals surface area contributed by atoms with Crippen LogP contribution >= 0.6 is 23.4 Å². The quantitative estimate of drug-likeness (QED) is 0.433. The van der Waals surface area contributed by atoms with E-state index in [0.717, 1.165) is 29.3 Å². The fourth-order valence-electron chi connectivity index (χ4n) is 4.42. The van der Waals surface area contributed by atoms with Gasteiger partial charge in [-0.1, -0.05) is 59.8 Å². The number of halogens is 1. The molecule has 0 aromatic heterocycles. The van der Waals surface area contributed by atoms with Crippen molar-refractivity contribution in [1.82, 2.24) is 4.90 Å². The molecule has 5 rings (SSSR count). The number of ether oxygens (including phenoxy) is 2. The van der Waals surface area contributed by atoms with E-state index in [1.807, 2.05) is 42.5 Å². The zero-order valence-corrected chi connectivity index (χ0v) is 21.3. The molecule has 0 bridgehead atoms. The zero-order valence-electron chi connectivity index (χ0n) is 19.8. The third-order valence-corrected chi connectivity index (χ3v) is 7.69. The lowest BCUT2D eigenvalue weighted by molar-refractivity contribution is -0.129. The van der Waals surface area contributed by atoms with E-state index >= 15 is 0 Å². The Bertz CT molecular complexity index is 1320. The third-order valence-electron chi connectivity index (χ3n) is 6.22. The summed E-state index contributed by atoms with van der Waals surface area (Å²) in [5, 5.41) is 5.33. The van der Waals surface area contributed by atoms with E-state index in [1.54, 1.807) is 23.1 Å². The average molecular weight is 524 g/mol. The van der Waals surface area contributed by atoms with E-state index in [4.69, 9.17) is 26.1 Å². The smallest absolute Gasteiger partial charge is 0.242 e. The number of carbonyl (C=O) groups excluding carboxylic acids is 2. The summed E-state index contributed by atoms with van der Waals surface area (Å²) in [4.78, 5) is 32.9. The number of rotatable bonds is 7. The summed E-state index contributed by atoms with van der Waals surface area (Å²) in [6.07, 6.45) is 1.87. The topological polar surface area (TPSA) is 80.2 Å². The second-order valence-corrected chi connectivity index (χ2v) is 10.3. The van der Waals surface area contributed by atoms with Gasteiger partial charge in [0.1, 0.15) is 11.0 Å². The van der Waals surface area contributed by atoms with Gasteiger partial charge in [-0.15, -0.1) is 0 Å². The second kappa shape index (κ2) is 10.9. The van der Waals surface area contributed by atoms with Gasteiger partial charge in [0.2, 0.25) is 11.8 Å². The summed E-state index contributed by atoms with van der Waals surface area (Å²) < 4.78 is 11.0. The molecule has 0 spiro atoms. The van der Waals surface area contributed by atoms with Crippen molar-refractivity contribution in [3.05, 3.63) is 65.7 Å². The number of nitrogens with zero attached hydrogens (tertiary/aromatic N) is 2. The van der Waals surface area contributed by atoms with Crippen molar-refractivity contribution < 1.29 is 19.1 Å². The Morgan fingerprint density at radius 2 is 2.06 bits per heavy atom. The molecule has 0 radical (unpaired) electrons. The Balaban J connectivity index is 1.37. The summed E-state index contributed by atoms with van der Waals surface area (Å²) in [7, 11) is 1.53. The fraction of sp³-hybridized carbons (Fsp3) is 0.296. The van der Waals surface area contributed by atoms with Crippen LogP contribution in [0.25, 0.3) is 10.8 Å². The Kier molecular flexibility index (Phi) is 7.46. The van der Waals surface area contributed by atoms with Gasteiger partial charge in [0.25, 0.3) is 0 Å². The average Bonchev–Trinajstić information content (AvgIpc) is 3.49. The zero-order chi connectivity index (χ0) is 25.1. The van der Waals surface area contributed by atoms with Crippen molar-refractivity contribution in [1.29, 1.82) is 0 Å². The Hall–Kier alpha value is -3.07. The number of thioether (sulfide) groups is 1. The number of methoxy groups -OCH3 is 1. The first-order valence-corrected chi connectivity index (χ1v) is 13.1. The molecule has 7 nitrogen and oxygen atoms in total. The van der Waals surface area contributed by atoms with Crippen LogP contribution in [0.2, 0.25) is 5.02 Å². The molecule has 36 heavy (non-hydrogen) atoms. The highest BCUT2D eigenvalue weighted by Gasteiger charge is 2.40. The van der Waals surface area contributed by atoms with Crippen LogP contribution < -0.4 is 10.1 Å². The molecule has 9 heteroatoms. The van der Waals surface area contributed by atoms with Gasteiger partial charge in [-0.25, -0.2) is 4.99 Å². The minimum absolute atomic E-state index is 0.0176. The molecule has 186 valence electrons. The molecule has 2 saturated heterocycles. The molecule has 0 aliphatic carbocycles. The van der Waals surface area contributed by atoms with Crippen LogP contribution in [0.1, 0.15) is 19.3 Å². The maximum absolute atomic E-state index is 13.4. The molecule has 2 atom stereocenters. The first kappa shape index (κ1) is 24.6. The molecule has 2 fully saturated rings. The normalized spacial score (nSPS) is 20.9. The summed E-state index contributed by atoms with van der Waals surface area (Å²) in [5.41, 5.74) is 1.33. The van der Waals surface area contributed by atoms with E-state index < -0.39 is 5.25 Å². The van der Waals surface area contributed by atoms with Crippen LogP contribution in [0.5, 0.6) is 5.75 Å². The number of aliphatic imine (C=N–C) groups is 1. The molecule has 1 N–H and O–H groups in total. The molecule has 2 amide bonds. The van der Waals surface area contributed by atoms with E-state index in [9.17, 15) is 9.59 Å². The number of amides is 2. The van der Waals surface area contributed by atoms with Crippen molar-refractivity contribution in [3.8, 4) is 5.75 Å². The van der Waals surface area contributed by atoms with Gasteiger partial charge in [-0.3, -0.25) is 14.5 Å². The number of benzene rings is 3. The highest BCUT2D eigenvalue weighted by Crippen LogP contribution is 2.35. The van der Waals surface area contributed by atoms with Crippen LogP contribution in [-0.4, -0.2) is 53.5 Å². The first-order chi connectivity index (χ1) is 17.5. The van der Waals surface area contributed by atoms with Crippen molar-refractivity contribution in [2.75, 3.05) is 25.6 Å². The SMILES string of the molecule is COc1ccc(NC(=O)C[C@@H]2SC(=Nc3cccc4ccccc34)N(C[C@@H]3CCCO3)C2=O)cc1Cl. The summed E-state index contributed by atoms with van der Waals surface area (Å²) in [6.45, 7) is 1.13. The number of nitrogens with one attached hydrogen (secondary N) is 1. The lowest BCUT2D eigenvalue weighted by atomic mass is 10.1. The largest absolute Gasteiger partial charge is 0.495 e. The maximum Gasteiger partial charge on any atom is 0.242 e. The van der Waals surface area contributed by atoms with Crippen LogP contribution in [0.15, 0.2) is 65.7 Å². The highest BCUT2D eigenvalue weighted by molar-refractivity contribution is 8.15. The minimum atomic E-state index is -0.575. The predicted molar refractivity (Wildman–Crippen MR) is 144 cm³/mol. The highest BCUT2D eigenvalue weighted by atomic mass is 35.5. The second-order valence-electron chi connectivity index (χ2n) is 8.68. The number of amidine groups is 1. The van der Waals surface area contributed by atoms with Gasteiger partial charge in [-0.2, -0.15) is 0 Å². The van der Waals surface area contributed by atoms with E-state index in [-0.39, 0.29) is 24.3 Å².